The Morgan fingerprint density at radius 3 is 2.85 bits per heavy atom. The fraction of sp³-hybridized carbons (Fsp3) is 0.500. The lowest BCUT2D eigenvalue weighted by molar-refractivity contribution is -0.125. The second kappa shape index (κ2) is 7.69. The summed E-state index contributed by atoms with van der Waals surface area (Å²) in [6.45, 7) is 8.56. The van der Waals surface area contributed by atoms with Gasteiger partial charge in [-0.1, -0.05) is 26.8 Å². The molecule has 9 heteroatoms. The average Bonchev–Trinajstić information content (AvgIpc) is 3.21. The molecule has 1 aliphatic rings. The molecule has 2 unspecified atom stereocenters. The number of amides is 3. The number of rotatable bonds is 4. The van der Waals surface area contributed by atoms with E-state index in [1.54, 1.807) is 16.0 Å². The fourth-order valence-electron chi connectivity index (χ4n) is 2.78. The largest absolute Gasteiger partial charge is 0.333 e. The number of nitrogens with one attached hydrogen (secondary N) is 4. The molecule has 3 rings (SSSR count). The van der Waals surface area contributed by atoms with E-state index in [0.717, 1.165) is 10.6 Å². The van der Waals surface area contributed by atoms with Gasteiger partial charge in [-0.05, 0) is 18.4 Å². The highest BCUT2D eigenvalue weighted by molar-refractivity contribution is 7.09. The van der Waals surface area contributed by atoms with Crippen LogP contribution in [0.5, 0.6) is 0 Å². The van der Waals surface area contributed by atoms with Crippen LogP contribution in [-0.2, 0) is 16.8 Å². The van der Waals surface area contributed by atoms with Crippen molar-refractivity contribution in [3.63, 3.8) is 0 Å². The maximum atomic E-state index is 12.4. The van der Waals surface area contributed by atoms with E-state index in [-0.39, 0.29) is 23.4 Å². The molecule has 1 aliphatic heterocycles. The highest BCUT2D eigenvalue weighted by Crippen LogP contribution is 2.26. The number of aromatic nitrogens is 2. The first-order valence-corrected chi connectivity index (χ1v) is 9.83. The number of carbonyl (C=O) groups is 2. The van der Waals surface area contributed by atoms with Crippen LogP contribution in [0.3, 0.4) is 0 Å². The summed E-state index contributed by atoms with van der Waals surface area (Å²) in [5.74, 6) is 0.475. The summed E-state index contributed by atoms with van der Waals surface area (Å²) in [5, 5.41) is 18.5. The summed E-state index contributed by atoms with van der Waals surface area (Å²) in [6, 6.07) is 5.46. The summed E-state index contributed by atoms with van der Waals surface area (Å²) >= 11 is 1.59. The van der Waals surface area contributed by atoms with Crippen molar-refractivity contribution in [3.8, 4) is 0 Å². The molecule has 0 spiro atoms. The van der Waals surface area contributed by atoms with Gasteiger partial charge in [-0.3, -0.25) is 15.4 Å². The van der Waals surface area contributed by atoms with E-state index in [0.29, 0.717) is 18.8 Å². The molecule has 4 N–H and O–H groups in total. The van der Waals surface area contributed by atoms with Crippen molar-refractivity contribution in [1.82, 2.24) is 25.7 Å². The van der Waals surface area contributed by atoms with Gasteiger partial charge < -0.3 is 10.6 Å². The highest BCUT2D eigenvalue weighted by Gasteiger charge is 2.29. The Hall–Kier alpha value is -2.39. The summed E-state index contributed by atoms with van der Waals surface area (Å²) in [7, 11) is 0. The number of hydrogen-bond acceptors (Lipinski definition) is 5. The molecule has 0 aromatic carbocycles. The van der Waals surface area contributed by atoms with E-state index in [1.807, 2.05) is 30.5 Å². The van der Waals surface area contributed by atoms with Crippen LogP contribution in [0.25, 0.3) is 0 Å². The molecule has 1 saturated heterocycles. The number of carbonyl (C=O) groups excluding carboxylic acids is 2. The molecule has 3 amide bonds. The summed E-state index contributed by atoms with van der Waals surface area (Å²) < 4.78 is 1.62. The van der Waals surface area contributed by atoms with E-state index in [1.165, 1.54) is 0 Å². The van der Waals surface area contributed by atoms with Crippen molar-refractivity contribution in [3.05, 3.63) is 34.2 Å². The van der Waals surface area contributed by atoms with Gasteiger partial charge in [0.1, 0.15) is 5.82 Å². The zero-order valence-electron chi connectivity index (χ0n) is 16.0. The number of hydrogen-bond donors (Lipinski definition) is 4. The van der Waals surface area contributed by atoms with Gasteiger partial charge in [-0.15, -0.1) is 11.3 Å². The molecule has 2 aromatic rings. The van der Waals surface area contributed by atoms with Crippen molar-refractivity contribution >= 4 is 29.1 Å². The smallest absolute Gasteiger partial charge is 0.320 e. The van der Waals surface area contributed by atoms with Crippen LogP contribution in [0.15, 0.2) is 23.6 Å². The molecular formula is C18H26N6O2S. The van der Waals surface area contributed by atoms with Crippen LogP contribution in [0, 0.1) is 0 Å². The molecule has 0 bridgehead atoms. The van der Waals surface area contributed by atoms with Crippen LogP contribution in [-0.4, -0.2) is 27.8 Å². The molecule has 3 heterocycles. The zero-order valence-corrected chi connectivity index (χ0v) is 16.8. The fourth-order valence-corrected chi connectivity index (χ4v) is 3.43. The number of anilines is 1. The monoisotopic (exact) mass is 390 g/mol. The normalized spacial score (nSPS) is 20.2. The Kier molecular flexibility index (Phi) is 5.52. The molecule has 1 fully saturated rings. The van der Waals surface area contributed by atoms with E-state index in [4.69, 9.17) is 0 Å². The molecule has 0 aliphatic carbocycles. The minimum absolute atomic E-state index is 0.0199. The molecule has 2 aromatic heterocycles. The summed E-state index contributed by atoms with van der Waals surface area (Å²) in [6.07, 6.45) is -0.0986. The van der Waals surface area contributed by atoms with Crippen molar-refractivity contribution in [2.24, 2.45) is 0 Å². The number of nitrogens with zero attached hydrogens (tertiary/aromatic N) is 2. The predicted octanol–water partition coefficient (Wildman–Crippen LogP) is 2.52. The van der Waals surface area contributed by atoms with E-state index in [9.17, 15) is 9.59 Å². The minimum Gasteiger partial charge on any atom is -0.333 e. The first-order valence-electron chi connectivity index (χ1n) is 8.95. The zero-order chi connectivity index (χ0) is 19.6. The van der Waals surface area contributed by atoms with Crippen molar-refractivity contribution in [2.75, 3.05) is 5.32 Å². The Balaban J connectivity index is 1.78. The van der Waals surface area contributed by atoms with Gasteiger partial charge in [0, 0.05) is 28.8 Å². The summed E-state index contributed by atoms with van der Waals surface area (Å²) in [5.41, 5.74) is 0.629. The van der Waals surface area contributed by atoms with Crippen LogP contribution in [0.2, 0.25) is 0 Å². The average molecular weight is 391 g/mol. The number of thiophene rings is 1. The first-order chi connectivity index (χ1) is 12.7. The van der Waals surface area contributed by atoms with Gasteiger partial charge in [0.2, 0.25) is 5.91 Å². The SMILES string of the molecule is CC1CC(=O)NC(n2nc(C(C)(C)C)cc2NC(=O)NCc2cccs2)N1. The van der Waals surface area contributed by atoms with E-state index >= 15 is 0 Å². The highest BCUT2D eigenvalue weighted by atomic mass is 32.1. The lowest BCUT2D eigenvalue weighted by Crippen LogP contribution is -2.52. The predicted molar refractivity (Wildman–Crippen MR) is 105 cm³/mol. The van der Waals surface area contributed by atoms with Gasteiger partial charge in [-0.2, -0.15) is 5.10 Å². The Bertz CT molecular complexity index is 808. The van der Waals surface area contributed by atoms with Gasteiger partial charge in [0.25, 0.3) is 0 Å². The van der Waals surface area contributed by atoms with Crippen LogP contribution in [0.4, 0.5) is 10.6 Å². The van der Waals surface area contributed by atoms with Gasteiger partial charge in [-0.25, -0.2) is 9.48 Å². The maximum Gasteiger partial charge on any atom is 0.320 e. The third-order valence-corrected chi connectivity index (χ3v) is 5.10. The van der Waals surface area contributed by atoms with Crippen molar-refractivity contribution in [1.29, 1.82) is 0 Å². The quantitative estimate of drug-likeness (QED) is 0.644. The van der Waals surface area contributed by atoms with Gasteiger partial charge in [0.05, 0.1) is 12.2 Å². The molecule has 2 atom stereocenters. The van der Waals surface area contributed by atoms with Crippen molar-refractivity contribution < 1.29 is 9.59 Å². The molecule has 27 heavy (non-hydrogen) atoms. The van der Waals surface area contributed by atoms with Crippen LogP contribution >= 0.6 is 11.3 Å². The molecular weight excluding hydrogens is 364 g/mol. The molecule has 0 saturated carbocycles. The topological polar surface area (TPSA) is 100 Å². The molecule has 0 radical (unpaired) electrons. The Morgan fingerprint density at radius 1 is 1.44 bits per heavy atom. The third kappa shape index (κ3) is 4.86. The minimum atomic E-state index is -0.509. The maximum absolute atomic E-state index is 12.4. The lowest BCUT2D eigenvalue weighted by Gasteiger charge is -2.30. The Labute approximate surface area is 162 Å². The standard InChI is InChI=1S/C18H26N6O2S/c1-11-8-15(25)22-16(20-11)24-14(9-13(23-24)18(2,3)4)21-17(26)19-10-12-6-5-7-27-12/h5-7,9,11,16,20H,8,10H2,1-4H3,(H,22,25)(H2,19,21,26). The molecule has 8 nitrogen and oxygen atoms in total. The van der Waals surface area contributed by atoms with Gasteiger partial charge in [0.15, 0.2) is 6.29 Å². The van der Waals surface area contributed by atoms with Gasteiger partial charge >= 0.3 is 6.03 Å². The van der Waals surface area contributed by atoms with Crippen LogP contribution < -0.4 is 21.3 Å². The second-order valence-electron chi connectivity index (χ2n) is 7.74. The lowest BCUT2D eigenvalue weighted by atomic mass is 9.92. The Morgan fingerprint density at radius 2 is 2.22 bits per heavy atom. The van der Waals surface area contributed by atoms with Crippen molar-refractivity contribution in [2.45, 2.75) is 58.4 Å². The van der Waals surface area contributed by atoms with E-state index in [2.05, 4.69) is 47.1 Å². The first kappa shape index (κ1) is 19.4. The third-order valence-electron chi connectivity index (χ3n) is 4.23. The number of urea groups is 1. The molecule has 146 valence electrons. The van der Waals surface area contributed by atoms with E-state index < -0.39 is 6.29 Å². The van der Waals surface area contributed by atoms with Crippen LogP contribution in [0.1, 0.15) is 51.0 Å². The summed E-state index contributed by atoms with van der Waals surface area (Å²) in [4.78, 5) is 25.4. The second-order valence-corrected chi connectivity index (χ2v) is 8.77.